The van der Waals surface area contributed by atoms with E-state index in [2.05, 4.69) is 60.1 Å². The van der Waals surface area contributed by atoms with Crippen LogP contribution < -0.4 is 27.8 Å². The third kappa shape index (κ3) is 8.46. The van der Waals surface area contributed by atoms with E-state index >= 15 is 4.39 Å². The molecule has 0 amide bonds. The van der Waals surface area contributed by atoms with E-state index in [4.69, 9.17) is 23.1 Å². The van der Waals surface area contributed by atoms with Crippen molar-refractivity contribution in [2.24, 2.45) is 22.4 Å². The molecule has 2 aromatic carbocycles. The lowest BCUT2D eigenvalue weighted by Crippen LogP contribution is -2.36. The van der Waals surface area contributed by atoms with Gasteiger partial charge in [-0.25, -0.2) is 9.18 Å². The summed E-state index contributed by atoms with van der Waals surface area (Å²) in [6.07, 6.45) is 5.23. The van der Waals surface area contributed by atoms with Crippen LogP contribution in [0.1, 0.15) is 44.2 Å². The van der Waals surface area contributed by atoms with Crippen LogP contribution in [0.3, 0.4) is 0 Å². The molecule has 46 heavy (non-hydrogen) atoms. The number of aliphatic imine (C=N–C) groups is 1. The molecule has 8 N–H and O–H groups in total. The molecule has 13 nitrogen and oxygen atoms in total. The number of aromatic nitrogens is 7. The van der Waals surface area contributed by atoms with Crippen LogP contribution in [-0.4, -0.2) is 60.3 Å². The molecule has 242 valence electrons. The van der Waals surface area contributed by atoms with E-state index in [0.29, 0.717) is 65.9 Å². The van der Waals surface area contributed by atoms with Crippen LogP contribution in [0.4, 0.5) is 10.3 Å². The number of nitrogens with two attached hydrogens (primary N) is 2. The number of nitrogens with zero attached hydrogens (tertiary/aromatic N) is 6. The fraction of sp³-hybridized carbons (Fsp3) is 0.355. The highest BCUT2D eigenvalue weighted by Crippen LogP contribution is 2.31. The quantitative estimate of drug-likeness (QED) is 0.0721. The number of nitrogens with one attached hydrogen (secondary N) is 4. The van der Waals surface area contributed by atoms with Crippen molar-refractivity contribution in [1.82, 2.24) is 40.5 Å². The normalized spacial score (nSPS) is 12.1. The molecule has 0 aliphatic heterocycles. The Hall–Kier alpha value is -4.82. The van der Waals surface area contributed by atoms with E-state index in [1.807, 2.05) is 30.3 Å². The summed E-state index contributed by atoms with van der Waals surface area (Å²) in [5.74, 6) is 0.512. The number of halogens is 2. The Labute approximate surface area is 270 Å². The first-order chi connectivity index (χ1) is 22.2. The first-order valence-corrected chi connectivity index (χ1v) is 15.5. The number of hydrogen-bond donors (Lipinski definition) is 6. The molecule has 0 aliphatic rings. The zero-order chi connectivity index (χ0) is 32.6. The van der Waals surface area contributed by atoms with Crippen molar-refractivity contribution in [3.05, 3.63) is 81.1 Å². The van der Waals surface area contributed by atoms with Crippen LogP contribution in [0.25, 0.3) is 28.0 Å². The van der Waals surface area contributed by atoms with Gasteiger partial charge in [0.05, 0.1) is 16.4 Å². The molecule has 3 aromatic heterocycles. The van der Waals surface area contributed by atoms with Gasteiger partial charge in [-0.1, -0.05) is 49.1 Å². The molecule has 0 aliphatic carbocycles. The van der Waals surface area contributed by atoms with E-state index in [-0.39, 0.29) is 17.0 Å². The number of hydrogen-bond acceptors (Lipinski definition) is 8. The Morgan fingerprint density at radius 3 is 2.65 bits per heavy atom. The number of anilines is 1. The smallest absolute Gasteiger partial charge is 0.354 e. The second kappa shape index (κ2) is 15.0. The van der Waals surface area contributed by atoms with Gasteiger partial charge in [-0.3, -0.25) is 9.56 Å². The van der Waals surface area contributed by atoms with Crippen molar-refractivity contribution >= 4 is 34.5 Å². The fourth-order valence-corrected chi connectivity index (χ4v) is 5.38. The maximum absolute atomic E-state index is 15.1. The predicted molar refractivity (Wildman–Crippen MR) is 178 cm³/mol. The van der Waals surface area contributed by atoms with Gasteiger partial charge < -0.3 is 27.1 Å². The summed E-state index contributed by atoms with van der Waals surface area (Å²) in [7, 11) is 0. The fourth-order valence-electron chi connectivity index (χ4n) is 5.14. The largest absolute Gasteiger partial charge is 0.370 e. The SMILES string of the molecule is CC(C)CCCc1cc(Cl)c(F)c(-c2cc3cn(-c4ccc(CN[C@H](CCN=C(N)N)CNc5nn[nH]n5)cc4)c(=O)nc3[nH]2)c1. The molecule has 3 heterocycles. The lowest BCUT2D eigenvalue weighted by molar-refractivity contribution is 0.502. The molecule has 5 rings (SSSR count). The molecular formula is C31H38ClFN12O. The summed E-state index contributed by atoms with van der Waals surface area (Å²) in [5.41, 5.74) is 14.3. The van der Waals surface area contributed by atoms with Crippen LogP contribution in [0.2, 0.25) is 5.02 Å². The topological polar surface area (TPSA) is 194 Å². The number of aromatic amines is 2. The summed E-state index contributed by atoms with van der Waals surface area (Å²) < 4.78 is 16.6. The molecule has 0 saturated heterocycles. The molecule has 0 fully saturated rings. The van der Waals surface area contributed by atoms with Gasteiger partial charge in [0.1, 0.15) is 5.65 Å². The number of guanidine groups is 1. The van der Waals surface area contributed by atoms with Crippen molar-refractivity contribution in [1.29, 1.82) is 0 Å². The first-order valence-electron chi connectivity index (χ1n) is 15.1. The van der Waals surface area contributed by atoms with Crippen LogP contribution >= 0.6 is 11.6 Å². The lowest BCUT2D eigenvalue weighted by atomic mass is 10.00. The lowest BCUT2D eigenvalue weighted by Gasteiger charge is -2.18. The minimum Gasteiger partial charge on any atom is -0.370 e. The first kappa shape index (κ1) is 32.6. The molecule has 0 radical (unpaired) electrons. The molecule has 0 spiro atoms. The zero-order valence-electron chi connectivity index (χ0n) is 25.7. The third-order valence-electron chi connectivity index (χ3n) is 7.57. The van der Waals surface area contributed by atoms with Gasteiger partial charge in [-0.2, -0.15) is 10.2 Å². The van der Waals surface area contributed by atoms with Crippen molar-refractivity contribution in [2.75, 3.05) is 18.4 Å². The monoisotopic (exact) mass is 648 g/mol. The van der Waals surface area contributed by atoms with Crippen molar-refractivity contribution in [2.45, 2.75) is 52.1 Å². The van der Waals surface area contributed by atoms with E-state index < -0.39 is 11.5 Å². The summed E-state index contributed by atoms with van der Waals surface area (Å²) in [6.45, 7) is 5.89. The molecule has 5 aromatic rings. The minimum atomic E-state index is -0.510. The van der Waals surface area contributed by atoms with Crippen LogP contribution in [0, 0.1) is 11.7 Å². The summed E-state index contributed by atoms with van der Waals surface area (Å²) >= 11 is 6.27. The van der Waals surface area contributed by atoms with Crippen LogP contribution in [0.5, 0.6) is 0 Å². The van der Waals surface area contributed by atoms with E-state index in [0.717, 1.165) is 30.4 Å². The molecule has 0 saturated carbocycles. The second-order valence-corrected chi connectivity index (χ2v) is 12.0. The zero-order valence-corrected chi connectivity index (χ0v) is 26.5. The molecule has 0 bridgehead atoms. The van der Waals surface area contributed by atoms with Crippen molar-refractivity contribution in [3.8, 4) is 16.9 Å². The highest BCUT2D eigenvalue weighted by Gasteiger charge is 2.16. The van der Waals surface area contributed by atoms with E-state index in [1.165, 1.54) is 4.57 Å². The van der Waals surface area contributed by atoms with Crippen molar-refractivity contribution < 1.29 is 4.39 Å². The molecule has 15 heteroatoms. The van der Waals surface area contributed by atoms with Gasteiger partial charge in [0.25, 0.3) is 5.95 Å². The van der Waals surface area contributed by atoms with Gasteiger partial charge >= 0.3 is 5.69 Å². The highest BCUT2D eigenvalue weighted by atomic mass is 35.5. The van der Waals surface area contributed by atoms with Gasteiger partial charge in [0.15, 0.2) is 11.8 Å². The van der Waals surface area contributed by atoms with E-state index in [9.17, 15) is 4.79 Å². The minimum absolute atomic E-state index is 0.00117. The Morgan fingerprint density at radius 1 is 1.13 bits per heavy atom. The average Bonchev–Trinajstić information content (AvgIpc) is 3.69. The predicted octanol–water partition coefficient (Wildman–Crippen LogP) is 3.90. The second-order valence-electron chi connectivity index (χ2n) is 11.6. The average molecular weight is 649 g/mol. The van der Waals surface area contributed by atoms with Crippen LogP contribution in [-0.2, 0) is 13.0 Å². The van der Waals surface area contributed by atoms with Crippen LogP contribution in [0.15, 0.2) is 58.4 Å². The summed E-state index contributed by atoms with van der Waals surface area (Å²) in [4.78, 5) is 24.4. The molecule has 0 unspecified atom stereocenters. The van der Waals surface area contributed by atoms with Crippen molar-refractivity contribution in [3.63, 3.8) is 0 Å². The molecule has 1 atom stereocenters. The van der Waals surface area contributed by atoms with E-state index in [1.54, 1.807) is 18.3 Å². The van der Waals surface area contributed by atoms with Gasteiger partial charge in [-0.15, -0.1) is 5.10 Å². The maximum Gasteiger partial charge on any atom is 0.354 e. The molecular weight excluding hydrogens is 611 g/mol. The summed E-state index contributed by atoms with van der Waals surface area (Å²) in [6, 6.07) is 12.9. The third-order valence-corrected chi connectivity index (χ3v) is 7.84. The number of aryl methyl sites for hydroxylation is 1. The Balaban J connectivity index is 1.30. The van der Waals surface area contributed by atoms with Gasteiger partial charge in [-0.05, 0) is 71.9 Å². The Kier molecular flexibility index (Phi) is 10.6. The maximum atomic E-state index is 15.1. The number of benzene rings is 2. The van der Waals surface area contributed by atoms with Gasteiger partial charge in [0.2, 0.25) is 0 Å². The number of rotatable bonds is 15. The Morgan fingerprint density at radius 2 is 1.93 bits per heavy atom. The number of tetrazole rings is 1. The highest BCUT2D eigenvalue weighted by molar-refractivity contribution is 6.31. The standard InChI is InChI=1S/C31H38ClFN12O/c1-18(2)4-3-5-20-12-24(27(33)25(32)13-20)26-14-21-17-45(31(46)40-28(21)39-26)23-8-6-19(7-9-23)15-37-22(10-11-36-29(34)35)16-38-30-41-43-44-42-30/h6-9,12-14,17-18,22,37H,3-5,10-11,15-16H2,1-2H3,(H4,34,35,36)(H,39,40,46)(H2,38,41,42,43,44)/t22-/m1/s1. The van der Waals surface area contributed by atoms with Gasteiger partial charge in [0, 0.05) is 42.8 Å². The number of fused-ring (bicyclic) bond motifs is 1. The Bertz CT molecular complexity index is 1830. The number of H-pyrrole nitrogens is 2. The summed E-state index contributed by atoms with van der Waals surface area (Å²) in [5, 5.41) is 21.1.